The van der Waals surface area contributed by atoms with Crippen LogP contribution in [0.1, 0.15) is 19.3 Å². The molecule has 2 rings (SSSR count). The number of allylic oxidation sites excluding steroid dienone is 2. The molecule has 1 amide bonds. The van der Waals surface area contributed by atoms with Crippen LogP contribution in [0.2, 0.25) is 0 Å². The van der Waals surface area contributed by atoms with E-state index < -0.39 is 12.7 Å². The summed E-state index contributed by atoms with van der Waals surface area (Å²) in [7, 11) is 0. The maximum absolute atomic E-state index is 12.3. The first-order valence-corrected chi connectivity index (χ1v) is 6.68. The van der Waals surface area contributed by atoms with Gasteiger partial charge < -0.3 is 4.90 Å². The van der Waals surface area contributed by atoms with Gasteiger partial charge in [0.2, 0.25) is 5.91 Å². The summed E-state index contributed by atoms with van der Waals surface area (Å²) in [6.45, 7) is 0.576. The summed E-state index contributed by atoms with van der Waals surface area (Å²) < 4.78 is 36.8. The highest BCUT2D eigenvalue weighted by Gasteiger charge is 2.33. The number of rotatable bonds is 2. The molecule has 0 saturated carbocycles. The minimum absolute atomic E-state index is 0.0270. The fraction of sp³-hybridized carbons (Fsp3) is 0.769. The number of carbonyl (C=O) groups excluding carboxylic acids is 1. The normalized spacial score (nSPS) is 25.6. The summed E-state index contributed by atoms with van der Waals surface area (Å²) >= 11 is 0. The summed E-state index contributed by atoms with van der Waals surface area (Å²) in [5, 5.41) is 0. The number of carbonyl (C=O) groups is 1. The van der Waals surface area contributed by atoms with E-state index in [1.165, 1.54) is 4.90 Å². The largest absolute Gasteiger partial charge is 0.401 e. The first-order valence-electron chi connectivity index (χ1n) is 6.68. The lowest BCUT2D eigenvalue weighted by Crippen LogP contribution is -2.52. The van der Waals surface area contributed by atoms with Crippen LogP contribution in [0.3, 0.4) is 0 Å². The van der Waals surface area contributed by atoms with Gasteiger partial charge in [-0.3, -0.25) is 9.69 Å². The summed E-state index contributed by atoms with van der Waals surface area (Å²) in [5.74, 6) is 0.134. The Kier molecular flexibility index (Phi) is 4.50. The summed E-state index contributed by atoms with van der Waals surface area (Å²) in [4.78, 5) is 15.3. The van der Waals surface area contributed by atoms with Crippen molar-refractivity contribution in [3.05, 3.63) is 12.2 Å². The van der Waals surface area contributed by atoms with Gasteiger partial charge in [-0.25, -0.2) is 0 Å². The van der Waals surface area contributed by atoms with Crippen LogP contribution in [0, 0.1) is 5.92 Å². The Morgan fingerprint density at radius 3 is 2.37 bits per heavy atom. The Balaban J connectivity index is 1.79. The molecular weight excluding hydrogens is 257 g/mol. The molecule has 0 aromatic rings. The zero-order chi connectivity index (χ0) is 13.9. The number of amides is 1. The number of hydrogen-bond acceptors (Lipinski definition) is 2. The van der Waals surface area contributed by atoms with Crippen LogP contribution < -0.4 is 0 Å². The van der Waals surface area contributed by atoms with Crippen LogP contribution in [0.25, 0.3) is 0 Å². The van der Waals surface area contributed by atoms with Gasteiger partial charge in [-0.2, -0.15) is 13.2 Å². The van der Waals surface area contributed by atoms with E-state index in [-0.39, 0.29) is 11.8 Å². The van der Waals surface area contributed by atoms with E-state index in [9.17, 15) is 18.0 Å². The molecule has 0 N–H and O–H groups in total. The van der Waals surface area contributed by atoms with Crippen molar-refractivity contribution in [3.8, 4) is 0 Å². The zero-order valence-corrected chi connectivity index (χ0v) is 10.8. The molecule has 1 aliphatic heterocycles. The molecule has 108 valence electrons. The minimum Gasteiger partial charge on any atom is -0.340 e. The molecule has 1 saturated heterocycles. The molecule has 2 aliphatic rings. The van der Waals surface area contributed by atoms with Gasteiger partial charge in [0.1, 0.15) is 0 Å². The monoisotopic (exact) mass is 276 g/mol. The van der Waals surface area contributed by atoms with Gasteiger partial charge in [-0.1, -0.05) is 12.2 Å². The lowest BCUT2D eigenvalue weighted by Gasteiger charge is -2.36. The number of halogens is 3. The summed E-state index contributed by atoms with van der Waals surface area (Å²) in [6.07, 6.45) is 2.49. The molecule has 1 aliphatic carbocycles. The van der Waals surface area contributed by atoms with Crippen LogP contribution in [-0.4, -0.2) is 54.6 Å². The first-order chi connectivity index (χ1) is 8.96. The Labute approximate surface area is 111 Å². The van der Waals surface area contributed by atoms with Crippen LogP contribution in [0.5, 0.6) is 0 Å². The van der Waals surface area contributed by atoms with E-state index >= 15 is 0 Å². The number of hydrogen-bond donors (Lipinski definition) is 0. The fourth-order valence-electron chi connectivity index (χ4n) is 2.66. The third kappa shape index (κ3) is 4.23. The average molecular weight is 276 g/mol. The Morgan fingerprint density at radius 2 is 1.84 bits per heavy atom. The third-order valence-corrected chi connectivity index (χ3v) is 3.71. The molecule has 1 atom stereocenters. The van der Waals surface area contributed by atoms with Gasteiger partial charge in [0.15, 0.2) is 0 Å². The van der Waals surface area contributed by atoms with Crippen LogP contribution in [-0.2, 0) is 4.79 Å². The van der Waals surface area contributed by atoms with Gasteiger partial charge in [0, 0.05) is 32.1 Å². The minimum atomic E-state index is -4.15. The molecule has 1 fully saturated rings. The van der Waals surface area contributed by atoms with Gasteiger partial charge in [-0.05, 0) is 19.3 Å². The Bertz CT molecular complexity index is 346. The standard InChI is InChI=1S/C13H19F3N2O/c14-13(15,16)10-17-6-8-18(9-7-17)12(19)11-4-2-1-3-5-11/h1-2,11H,3-10H2/t11-/m0/s1. The van der Waals surface area contributed by atoms with E-state index in [0.29, 0.717) is 26.2 Å². The van der Waals surface area contributed by atoms with Crippen molar-refractivity contribution in [2.45, 2.75) is 25.4 Å². The number of piperazine rings is 1. The maximum Gasteiger partial charge on any atom is 0.401 e. The number of nitrogens with zero attached hydrogens (tertiary/aromatic N) is 2. The first kappa shape index (κ1) is 14.4. The SMILES string of the molecule is O=C([C@H]1CC=CCC1)N1CCN(CC(F)(F)F)CC1. The molecule has 0 radical (unpaired) electrons. The van der Waals surface area contributed by atoms with Crippen LogP contribution in [0.4, 0.5) is 13.2 Å². The quantitative estimate of drug-likeness (QED) is 0.721. The van der Waals surface area contributed by atoms with Gasteiger partial charge in [0.05, 0.1) is 6.54 Å². The maximum atomic E-state index is 12.3. The Morgan fingerprint density at radius 1 is 1.16 bits per heavy atom. The van der Waals surface area contributed by atoms with E-state index in [4.69, 9.17) is 0 Å². The van der Waals surface area contributed by atoms with E-state index in [2.05, 4.69) is 6.08 Å². The van der Waals surface area contributed by atoms with E-state index in [1.54, 1.807) is 4.90 Å². The summed E-state index contributed by atoms with van der Waals surface area (Å²) in [6, 6.07) is 0. The average Bonchev–Trinajstić information content (AvgIpc) is 2.38. The topological polar surface area (TPSA) is 23.6 Å². The third-order valence-electron chi connectivity index (χ3n) is 3.71. The fourth-order valence-corrected chi connectivity index (χ4v) is 2.66. The number of alkyl halides is 3. The molecule has 19 heavy (non-hydrogen) atoms. The summed E-state index contributed by atoms with van der Waals surface area (Å²) in [5.41, 5.74) is 0. The molecule has 6 heteroatoms. The van der Waals surface area contributed by atoms with Crippen LogP contribution in [0.15, 0.2) is 12.2 Å². The van der Waals surface area contributed by atoms with Crippen molar-refractivity contribution >= 4 is 5.91 Å². The smallest absolute Gasteiger partial charge is 0.340 e. The molecule has 1 heterocycles. The Hall–Kier alpha value is -1.04. The van der Waals surface area contributed by atoms with Gasteiger partial charge in [0.25, 0.3) is 0 Å². The predicted octanol–water partition coefficient (Wildman–Crippen LogP) is 2.05. The van der Waals surface area contributed by atoms with E-state index in [0.717, 1.165) is 19.3 Å². The van der Waals surface area contributed by atoms with Crippen molar-refractivity contribution in [2.75, 3.05) is 32.7 Å². The van der Waals surface area contributed by atoms with Gasteiger partial charge >= 0.3 is 6.18 Å². The highest BCUT2D eigenvalue weighted by Crippen LogP contribution is 2.22. The van der Waals surface area contributed by atoms with E-state index in [1.807, 2.05) is 6.08 Å². The second kappa shape index (κ2) is 5.94. The van der Waals surface area contributed by atoms with Crippen molar-refractivity contribution in [3.63, 3.8) is 0 Å². The molecule has 0 aromatic heterocycles. The van der Waals surface area contributed by atoms with Crippen molar-refractivity contribution in [1.82, 2.24) is 9.80 Å². The van der Waals surface area contributed by atoms with Crippen molar-refractivity contribution in [1.29, 1.82) is 0 Å². The van der Waals surface area contributed by atoms with Crippen molar-refractivity contribution in [2.24, 2.45) is 5.92 Å². The highest BCUT2D eigenvalue weighted by atomic mass is 19.4. The molecule has 3 nitrogen and oxygen atoms in total. The highest BCUT2D eigenvalue weighted by molar-refractivity contribution is 5.79. The molecule has 0 bridgehead atoms. The molecule has 0 unspecified atom stereocenters. The second-order valence-electron chi connectivity index (χ2n) is 5.20. The predicted molar refractivity (Wildman–Crippen MR) is 65.6 cm³/mol. The van der Waals surface area contributed by atoms with Crippen LogP contribution >= 0.6 is 0 Å². The lowest BCUT2D eigenvalue weighted by molar-refractivity contribution is -0.152. The molecular formula is C13H19F3N2O. The lowest BCUT2D eigenvalue weighted by atomic mass is 9.93. The molecule has 0 spiro atoms. The van der Waals surface area contributed by atoms with Gasteiger partial charge in [-0.15, -0.1) is 0 Å². The second-order valence-corrected chi connectivity index (χ2v) is 5.20. The molecule has 0 aromatic carbocycles. The van der Waals surface area contributed by atoms with Crippen molar-refractivity contribution < 1.29 is 18.0 Å². The zero-order valence-electron chi connectivity index (χ0n) is 10.8.